The van der Waals surface area contributed by atoms with Crippen molar-refractivity contribution in [3.05, 3.63) is 47.5 Å². The van der Waals surface area contributed by atoms with Crippen LogP contribution in [0.25, 0.3) is 0 Å². The summed E-state index contributed by atoms with van der Waals surface area (Å²) in [5.41, 5.74) is 0.224. The lowest BCUT2D eigenvalue weighted by Crippen LogP contribution is -2.13. The quantitative estimate of drug-likeness (QED) is 0.487. The van der Waals surface area contributed by atoms with Gasteiger partial charge in [-0.3, -0.25) is 0 Å². The smallest absolute Gasteiger partial charge is 0.339 e. The molecule has 8 heteroatoms. The Morgan fingerprint density at radius 3 is 1.96 bits per heavy atom. The van der Waals surface area contributed by atoms with E-state index in [1.807, 2.05) is 0 Å². The van der Waals surface area contributed by atoms with E-state index >= 15 is 0 Å². The summed E-state index contributed by atoms with van der Waals surface area (Å²) < 4.78 is 9.08. The van der Waals surface area contributed by atoms with Gasteiger partial charge in [0.25, 0.3) is 0 Å². The maximum absolute atomic E-state index is 11.3. The van der Waals surface area contributed by atoms with Crippen LogP contribution >= 0.6 is 0 Å². The molecule has 0 saturated heterocycles. The molecule has 1 aromatic rings. The average molecular weight is 340 g/mol. The van der Waals surface area contributed by atoms with Gasteiger partial charge in [0, 0.05) is 5.57 Å². The van der Waals surface area contributed by atoms with Gasteiger partial charge in [-0.25, -0.2) is 14.4 Å². The fraction of sp³-hybridized carbons (Fsp3) is 0.312. The molecule has 24 heavy (non-hydrogen) atoms. The molecule has 0 aliphatic rings. The van der Waals surface area contributed by atoms with Gasteiger partial charge in [-0.1, -0.05) is 18.7 Å². The molecule has 0 unspecified atom stereocenters. The molecule has 0 spiro atoms. The summed E-state index contributed by atoms with van der Waals surface area (Å²) in [5, 5.41) is 25.4. The van der Waals surface area contributed by atoms with Crippen molar-refractivity contribution in [3.8, 4) is 0 Å². The van der Waals surface area contributed by atoms with Crippen LogP contribution in [0.15, 0.2) is 36.4 Å². The highest BCUT2D eigenvalue weighted by Crippen LogP contribution is 2.10. The third-order valence-electron chi connectivity index (χ3n) is 2.37. The average Bonchev–Trinajstić information content (AvgIpc) is 2.57. The standard InChI is InChI=1S/C10H10O5.C6H10O3/c11-5-6-15-10(14)8-4-2-1-3-7(8)9(12)13;1-5(2)6(8)9-4-3-7/h1-4,11H,5-6H2,(H,12,13);7H,1,3-4H2,2H3. The fourth-order valence-electron chi connectivity index (χ4n) is 1.33. The zero-order valence-corrected chi connectivity index (χ0v) is 13.2. The van der Waals surface area contributed by atoms with E-state index in [1.165, 1.54) is 18.2 Å². The second kappa shape index (κ2) is 11.8. The van der Waals surface area contributed by atoms with Crippen LogP contribution in [-0.2, 0) is 14.3 Å². The van der Waals surface area contributed by atoms with Gasteiger partial charge < -0.3 is 24.8 Å². The van der Waals surface area contributed by atoms with Gasteiger partial charge in [0.05, 0.1) is 24.3 Å². The van der Waals surface area contributed by atoms with Crippen LogP contribution in [0.2, 0.25) is 0 Å². The van der Waals surface area contributed by atoms with Crippen molar-refractivity contribution < 1.29 is 39.2 Å². The zero-order chi connectivity index (χ0) is 18.5. The van der Waals surface area contributed by atoms with Gasteiger partial charge in [0.15, 0.2) is 0 Å². The van der Waals surface area contributed by atoms with Crippen molar-refractivity contribution >= 4 is 17.9 Å². The van der Waals surface area contributed by atoms with Crippen molar-refractivity contribution in [2.24, 2.45) is 0 Å². The lowest BCUT2D eigenvalue weighted by Gasteiger charge is -2.05. The summed E-state index contributed by atoms with van der Waals surface area (Å²) in [6.07, 6.45) is 0. The van der Waals surface area contributed by atoms with E-state index in [1.54, 1.807) is 13.0 Å². The number of ether oxygens (including phenoxy) is 2. The SMILES string of the molecule is C=C(C)C(=O)OCCO.O=C(O)c1ccccc1C(=O)OCCO. The molecule has 0 aliphatic heterocycles. The number of esters is 2. The first-order valence-electron chi connectivity index (χ1n) is 6.88. The van der Waals surface area contributed by atoms with Crippen molar-refractivity contribution in [1.82, 2.24) is 0 Å². The Morgan fingerprint density at radius 2 is 1.50 bits per heavy atom. The van der Waals surface area contributed by atoms with E-state index in [2.05, 4.69) is 16.1 Å². The van der Waals surface area contributed by atoms with E-state index < -0.39 is 17.9 Å². The maximum atomic E-state index is 11.3. The van der Waals surface area contributed by atoms with Gasteiger partial charge >= 0.3 is 17.9 Å². The largest absolute Gasteiger partial charge is 0.478 e. The highest BCUT2D eigenvalue weighted by molar-refractivity contribution is 6.02. The van der Waals surface area contributed by atoms with E-state index in [4.69, 9.17) is 15.3 Å². The summed E-state index contributed by atoms with van der Waals surface area (Å²) in [6, 6.07) is 5.75. The second-order valence-corrected chi connectivity index (χ2v) is 4.35. The number of aromatic carboxylic acids is 1. The number of carbonyl (C=O) groups is 3. The Morgan fingerprint density at radius 1 is 1.00 bits per heavy atom. The normalized spacial score (nSPS) is 9.29. The molecule has 0 fully saturated rings. The van der Waals surface area contributed by atoms with Crippen LogP contribution in [0.1, 0.15) is 27.6 Å². The van der Waals surface area contributed by atoms with Crippen molar-refractivity contribution in [1.29, 1.82) is 0 Å². The summed E-state index contributed by atoms with van der Waals surface area (Å²) in [5.74, 6) is -2.39. The monoisotopic (exact) mass is 340 g/mol. The molecule has 0 aliphatic carbocycles. The van der Waals surface area contributed by atoms with Gasteiger partial charge in [-0.05, 0) is 19.1 Å². The third-order valence-corrected chi connectivity index (χ3v) is 2.37. The highest BCUT2D eigenvalue weighted by Gasteiger charge is 2.16. The minimum Gasteiger partial charge on any atom is -0.478 e. The van der Waals surface area contributed by atoms with E-state index in [0.29, 0.717) is 5.57 Å². The molecule has 0 heterocycles. The summed E-state index contributed by atoms with van der Waals surface area (Å²) in [7, 11) is 0. The molecule has 0 bridgehead atoms. The molecule has 0 amide bonds. The molecule has 0 atom stereocenters. The summed E-state index contributed by atoms with van der Waals surface area (Å²) >= 11 is 0. The van der Waals surface area contributed by atoms with Crippen LogP contribution in [0.4, 0.5) is 0 Å². The summed E-state index contributed by atoms with van der Waals surface area (Å²) in [4.78, 5) is 32.5. The third kappa shape index (κ3) is 8.06. The Hall–Kier alpha value is -2.71. The fourth-order valence-corrected chi connectivity index (χ4v) is 1.33. The molecule has 1 rings (SSSR count). The van der Waals surface area contributed by atoms with Gasteiger partial charge in [0.1, 0.15) is 13.2 Å². The summed E-state index contributed by atoms with van der Waals surface area (Å²) in [6.45, 7) is 4.38. The second-order valence-electron chi connectivity index (χ2n) is 4.35. The van der Waals surface area contributed by atoms with Crippen LogP contribution in [-0.4, -0.2) is 59.7 Å². The Kier molecular flexibility index (Phi) is 10.5. The number of carboxylic acids is 1. The first-order valence-corrected chi connectivity index (χ1v) is 6.88. The van der Waals surface area contributed by atoms with Crippen molar-refractivity contribution in [2.75, 3.05) is 26.4 Å². The van der Waals surface area contributed by atoms with Crippen LogP contribution in [0, 0.1) is 0 Å². The lowest BCUT2D eigenvalue weighted by atomic mass is 10.1. The lowest BCUT2D eigenvalue weighted by molar-refractivity contribution is -0.139. The van der Waals surface area contributed by atoms with Crippen molar-refractivity contribution in [2.45, 2.75) is 6.92 Å². The molecule has 1 aromatic carbocycles. The number of hydrogen-bond acceptors (Lipinski definition) is 7. The number of benzene rings is 1. The van der Waals surface area contributed by atoms with E-state index in [9.17, 15) is 14.4 Å². The Labute approximate surface area is 138 Å². The number of aliphatic hydroxyl groups excluding tert-OH is 2. The van der Waals surface area contributed by atoms with Gasteiger partial charge in [0.2, 0.25) is 0 Å². The molecular formula is C16H20O8. The van der Waals surface area contributed by atoms with Crippen molar-refractivity contribution in [3.63, 3.8) is 0 Å². The molecule has 8 nitrogen and oxygen atoms in total. The van der Waals surface area contributed by atoms with E-state index in [0.717, 1.165) is 0 Å². The van der Waals surface area contributed by atoms with Crippen LogP contribution in [0.3, 0.4) is 0 Å². The predicted octanol–water partition coefficient (Wildman–Crippen LogP) is 0.632. The highest BCUT2D eigenvalue weighted by atomic mass is 16.5. The zero-order valence-electron chi connectivity index (χ0n) is 13.2. The molecule has 0 aromatic heterocycles. The number of rotatable bonds is 7. The first-order chi connectivity index (χ1) is 11.3. The Bertz CT molecular complexity index is 579. The molecule has 0 saturated carbocycles. The van der Waals surface area contributed by atoms with Crippen LogP contribution < -0.4 is 0 Å². The molecular weight excluding hydrogens is 320 g/mol. The van der Waals surface area contributed by atoms with E-state index in [-0.39, 0.29) is 37.6 Å². The predicted molar refractivity (Wildman–Crippen MR) is 83.6 cm³/mol. The minimum absolute atomic E-state index is 0.0153. The molecule has 3 N–H and O–H groups in total. The number of carboxylic acid groups (broad SMARTS) is 1. The van der Waals surface area contributed by atoms with Gasteiger partial charge in [-0.2, -0.15) is 0 Å². The molecule has 132 valence electrons. The minimum atomic E-state index is -1.19. The number of carbonyl (C=O) groups excluding carboxylic acids is 2. The Balaban J connectivity index is 0.000000506. The first kappa shape index (κ1) is 21.3. The van der Waals surface area contributed by atoms with Crippen LogP contribution in [0.5, 0.6) is 0 Å². The maximum Gasteiger partial charge on any atom is 0.339 e. The molecule has 0 radical (unpaired) electrons. The number of hydrogen-bond donors (Lipinski definition) is 3. The topological polar surface area (TPSA) is 130 Å². The number of aliphatic hydroxyl groups is 2. The van der Waals surface area contributed by atoms with Gasteiger partial charge in [-0.15, -0.1) is 0 Å².